The number of nitrogens with two attached hydrogens (primary N) is 2. The Morgan fingerprint density at radius 3 is 2.19 bits per heavy atom. The highest BCUT2D eigenvalue weighted by atomic mass is 32.2. The van der Waals surface area contributed by atoms with Crippen LogP contribution in [0.15, 0.2) is 42.5 Å². The van der Waals surface area contributed by atoms with E-state index in [1.54, 1.807) is 34.6 Å². The highest BCUT2D eigenvalue weighted by Gasteiger charge is 2.38. The maximum atomic E-state index is 13.6. The van der Waals surface area contributed by atoms with Gasteiger partial charge in [-0.2, -0.15) is 0 Å². The fourth-order valence-corrected chi connectivity index (χ4v) is 5.37. The lowest BCUT2D eigenvalue weighted by Crippen LogP contribution is -2.58. The van der Waals surface area contributed by atoms with Gasteiger partial charge in [0.1, 0.15) is 6.10 Å². The van der Waals surface area contributed by atoms with Gasteiger partial charge >= 0.3 is 0 Å². The van der Waals surface area contributed by atoms with Crippen molar-refractivity contribution in [3.8, 4) is 0 Å². The molecule has 5 atom stereocenters. The minimum absolute atomic E-state index is 0.141. The Balaban J connectivity index is 2.42. The summed E-state index contributed by atoms with van der Waals surface area (Å²) in [4.78, 5) is 26.7. The molecule has 7 N–H and O–H groups in total. The molecule has 0 aliphatic carbocycles. The van der Waals surface area contributed by atoms with Gasteiger partial charge in [0.15, 0.2) is 15.6 Å². The number of rotatable bonds is 12. The van der Waals surface area contributed by atoms with Crippen LogP contribution in [-0.2, 0) is 25.8 Å². The highest BCUT2D eigenvalue weighted by Crippen LogP contribution is 2.25. The fraction of sp³-hybridized carbons (Fsp3) is 0.556. The molecular formula is C27H41N3O6S. The number of benzene rings is 2. The first kappa shape index (κ1) is 30.9. The van der Waals surface area contributed by atoms with Crippen LogP contribution < -0.4 is 16.8 Å². The van der Waals surface area contributed by atoms with Gasteiger partial charge in [-0.05, 0) is 49.4 Å². The number of nitrogens with one attached hydrogen (secondary N) is 1. The molecule has 2 aromatic carbocycles. The van der Waals surface area contributed by atoms with E-state index in [-0.39, 0.29) is 13.0 Å². The van der Waals surface area contributed by atoms with Crippen LogP contribution in [0.25, 0.3) is 10.8 Å². The Morgan fingerprint density at radius 2 is 1.62 bits per heavy atom. The van der Waals surface area contributed by atoms with E-state index in [0.29, 0.717) is 0 Å². The Bertz CT molecular complexity index is 1190. The average Bonchev–Trinajstić information content (AvgIpc) is 2.84. The van der Waals surface area contributed by atoms with Gasteiger partial charge < -0.3 is 27.0 Å². The molecule has 37 heavy (non-hydrogen) atoms. The smallest absolute Gasteiger partial charge is 0.225 e. The van der Waals surface area contributed by atoms with Crippen molar-refractivity contribution < 1.29 is 28.2 Å². The molecule has 9 nitrogen and oxygen atoms in total. The predicted octanol–water partition coefficient (Wildman–Crippen LogP) is 0.930. The van der Waals surface area contributed by atoms with E-state index < -0.39 is 68.2 Å². The van der Waals surface area contributed by atoms with E-state index in [1.807, 2.05) is 42.5 Å². The lowest BCUT2D eigenvalue weighted by molar-refractivity contribution is -0.133. The topological polar surface area (TPSA) is 173 Å². The van der Waals surface area contributed by atoms with Crippen molar-refractivity contribution in [3.05, 3.63) is 48.0 Å². The standard InChI is InChI=1S/C27H41N3O6S/c1-16(2)23(25(33)22(29)24(32)21(31)14-28)30-26(34)19(15-37(35,36)27(3,4)5)13-18-11-8-10-17-9-6-7-12-20(17)18/h6-12,16,19,21-24,31-32H,13-15,28-29H2,1-5H3,(H,30,34)/t19-,21?,22?,23+,24?/m1/s1. The van der Waals surface area contributed by atoms with Crippen molar-refractivity contribution in [1.82, 2.24) is 5.32 Å². The lowest BCUT2D eigenvalue weighted by Gasteiger charge is -2.30. The molecule has 0 saturated carbocycles. The van der Waals surface area contributed by atoms with E-state index in [2.05, 4.69) is 5.32 Å². The number of sulfone groups is 1. The summed E-state index contributed by atoms with van der Waals surface area (Å²) in [5, 5.41) is 24.6. The van der Waals surface area contributed by atoms with Crippen molar-refractivity contribution in [3.63, 3.8) is 0 Å². The van der Waals surface area contributed by atoms with Gasteiger partial charge in [-0.25, -0.2) is 8.42 Å². The molecule has 0 aromatic heterocycles. The maximum Gasteiger partial charge on any atom is 0.225 e. The number of ketones is 1. The van der Waals surface area contributed by atoms with Crippen molar-refractivity contribution in [2.45, 2.75) is 70.1 Å². The molecule has 3 unspecified atom stereocenters. The van der Waals surface area contributed by atoms with Crippen LogP contribution in [0.5, 0.6) is 0 Å². The summed E-state index contributed by atoms with van der Waals surface area (Å²) in [6, 6.07) is 10.7. The number of fused-ring (bicyclic) bond motifs is 1. The van der Waals surface area contributed by atoms with Crippen molar-refractivity contribution in [2.24, 2.45) is 23.3 Å². The largest absolute Gasteiger partial charge is 0.389 e. The van der Waals surface area contributed by atoms with Crippen LogP contribution in [0, 0.1) is 11.8 Å². The monoisotopic (exact) mass is 535 g/mol. The summed E-state index contributed by atoms with van der Waals surface area (Å²) >= 11 is 0. The van der Waals surface area contributed by atoms with E-state index in [9.17, 15) is 28.2 Å². The van der Waals surface area contributed by atoms with Crippen LogP contribution in [-0.4, -0.2) is 71.7 Å². The summed E-state index contributed by atoms with van der Waals surface area (Å²) in [5.41, 5.74) is 12.1. The van der Waals surface area contributed by atoms with Crippen LogP contribution in [0.4, 0.5) is 0 Å². The number of Topliss-reactive ketones (excluding diaryl/α,β-unsaturated/α-hetero) is 1. The molecule has 0 aliphatic rings. The Morgan fingerprint density at radius 1 is 1.03 bits per heavy atom. The molecular weight excluding hydrogens is 494 g/mol. The molecule has 0 bridgehead atoms. The first-order chi connectivity index (χ1) is 17.1. The van der Waals surface area contributed by atoms with Crippen LogP contribution in [0.3, 0.4) is 0 Å². The van der Waals surface area contributed by atoms with Crippen LogP contribution in [0.1, 0.15) is 40.2 Å². The average molecular weight is 536 g/mol. The second kappa shape index (κ2) is 12.4. The molecule has 0 spiro atoms. The molecule has 0 aliphatic heterocycles. The number of hydrogen-bond acceptors (Lipinski definition) is 8. The summed E-state index contributed by atoms with van der Waals surface area (Å²) in [6.45, 7) is 7.86. The number of hydrogen-bond donors (Lipinski definition) is 5. The molecule has 2 rings (SSSR count). The van der Waals surface area contributed by atoms with Gasteiger partial charge in [0, 0.05) is 6.54 Å². The third-order valence-electron chi connectivity index (χ3n) is 6.67. The van der Waals surface area contributed by atoms with Crippen molar-refractivity contribution >= 4 is 32.3 Å². The Hall–Kier alpha value is -2.37. The third kappa shape index (κ3) is 7.58. The van der Waals surface area contributed by atoms with Gasteiger partial charge in [-0.1, -0.05) is 56.3 Å². The Labute approximate surface area is 219 Å². The van der Waals surface area contributed by atoms with E-state index in [1.165, 1.54) is 0 Å². The number of aliphatic hydroxyl groups is 2. The summed E-state index contributed by atoms with van der Waals surface area (Å²) in [6.07, 6.45) is -2.87. The molecule has 2 aromatic rings. The number of carbonyl (C=O) groups excluding carboxylic acids is 2. The zero-order valence-corrected chi connectivity index (χ0v) is 23.0. The highest BCUT2D eigenvalue weighted by molar-refractivity contribution is 7.92. The van der Waals surface area contributed by atoms with Crippen molar-refractivity contribution in [2.75, 3.05) is 12.3 Å². The second-order valence-corrected chi connectivity index (χ2v) is 13.7. The zero-order chi connectivity index (χ0) is 28.1. The minimum Gasteiger partial charge on any atom is -0.389 e. The fourth-order valence-electron chi connectivity index (χ4n) is 4.07. The number of amides is 1. The summed E-state index contributed by atoms with van der Waals surface area (Å²) in [5.74, 6) is -3.09. The van der Waals surface area contributed by atoms with Crippen LogP contribution in [0.2, 0.25) is 0 Å². The quantitative estimate of drug-likeness (QED) is 0.267. The summed E-state index contributed by atoms with van der Waals surface area (Å²) < 4.78 is 25.2. The Kier molecular flexibility index (Phi) is 10.4. The van der Waals surface area contributed by atoms with Gasteiger partial charge in [0.2, 0.25) is 5.91 Å². The van der Waals surface area contributed by atoms with Gasteiger partial charge in [-0.15, -0.1) is 0 Å². The maximum absolute atomic E-state index is 13.6. The van der Waals surface area contributed by atoms with Gasteiger partial charge in [-0.3, -0.25) is 9.59 Å². The first-order valence-corrected chi connectivity index (χ1v) is 14.1. The van der Waals surface area contributed by atoms with Gasteiger partial charge in [0.25, 0.3) is 0 Å². The molecule has 0 saturated heterocycles. The third-order valence-corrected chi connectivity index (χ3v) is 9.38. The molecule has 206 valence electrons. The first-order valence-electron chi connectivity index (χ1n) is 12.5. The predicted molar refractivity (Wildman–Crippen MR) is 146 cm³/mol. The van der Waals surface area contributed by atoms with E-state index in [0.717, 1.165) is 16.3 Å². The minimum atomic E-state index is -3.69. The lowest BCUT2D eigenvalue weighted by atomic mass is 9.90. The van der Waals surface area contributed by atoms with E-state index >= 15 is 0 Å². The molecule has 10 heteroatoms. The second-order valence-electron chi connectivity index (χ2n) is 10.9. The SMILES string of the molecule is CC(C)[C@H](NC(=O)[C@H](Cc1cccc2ccccc12)CS(=O)(=O)C(C)(C)C)C(=O)C(N)C(O)C(O)CN. The van der Waals surface area contributed by atoms with E-state index in [4.69, 9.17) is 11.5 Å². The molecule has 0 fully saturated rings. The number of carbonyl (C=O) groups is 2. The normalized spacial score (nSPS) is 16.7. The summed E-state index contributed by atoms with van der Waals surface area (Å²) in [7, 11) is -3.69. The zero-order valence-electron chi connectivity index (χ0n) is 22.2. The molecule has 0 heterocycles. The number of aliphatic hydroxyl groups excluding tert-OH is 2. The van der Waals surface area contributed by atoms with Crippen LogP contribution >= 0.6 is 0 Å². The molecule has 1 amide bonds. The molecule has 0 radical (unpaired) electrons. The van der Waals surface area contributed by atoms with Crippen molar-refractivity contribution in [1.29, 1.82) is 0 Å². The van der Waals surface area contributed by atoms with Gasteiger partial charge in [0.05, 0.1) is 34.6 Å².